The van der Waals surface area contributed by atoms with Crippen LogP contribution in [0.15, 0.2) is 41.1 Å². The van der Waals surface area contributed by atoms with Crippen molar-refractivity contribution in [1.82, 2.24) is 14.9 Å². The van der Waals surface area contributed by atoms with Gasteiger partial charge in [0, 0.05) is 37.3 Å². The minimum atomic E-state index is -0.583. The minimum Gasteiger partial charge on any atom is -0.447 e. The molecule has 0 spiro atoms. The molecule has 1 atom stereocenters. The number of anilines is 2. The number of amides is 3. The van der Waals surface area contributed by atoms with Crippen LogP contribution in [-0.4, -0.2) is 56.9 Å². The smallest absolute Gasteiger partial charge is 0.294 e. The first-order valence-electron chi connectivity index (χ1n) is 12.0. The summed E-state index contributed by atoms with van der Waals surface area (Å²) in [6, 6.07) is 6.50. The number of nitrogens with zero attached hydrogens (tertiary/aromatic N) is 3. The molecule has 0 radical (unpaired) electrons. The van der Waals surface area contributed by atoms with Gasteiger partial charge in [-0.15, -0.1) is 0 Å². The van der Waals surface area contributed by atoms with Gasteiger partial charge in [0.2, 0.25) is 17.6 Å². The summed E-state index contributed by atoms with van der Waals surface area (Å²) in [5, 5.41) is 15.7. The number of carbonyl (C=O) groups excluding carboxylic acids is 3. The molecular formula is C25H26ClN5O5. The molecule has 4 heterocycles. The molecule has 10 nitrogen and oxygen atoms in total. The fourth-order valence-corrected chi connectivity index (χ4v) is 4.97. The number of pyridine rings is 2. The molecule has 2 fully saturated rings. The van der Waals surface area contributed by atoms with E-state index < -0.39 is 12.0 Å². The van der Waals surface area contributed by atoms with Gasteiger partial charge in [-0.25, -0.2) is 4.98 Å². The van der Waals surface area contributed by atoms with Gasteiger partial charge in [0.25, 0.3) is 5.91 Å². The molecule has 1 saturated heterocycles. The van der Waals surface area contributed by atoms with E-state index in [1.54, 1.807) is 35.4 Å². The average Bonchev–Trinajstić information content (AvgIpc) is 3.49. The molecule has 3 amide bonds. The third-order valence-corrected chi connectivity index (χ3v) is 7.02. The van der Waals surface area contributed by atoms with Gasteiger partial charge in [-0.1, -0.05) is 11.6 Å². The van der Waals surface area contributed by atoms with Gasteiger partial charge in [-0.3, -0.25) is 19.4 Å². The van der Waals surface area contributed by atoms with E-state index in [4.69, 9.17) is 16.0 Å². The van der Waals surface area contributed by atoms with Crippen LogP contribution >= 0.6 is 11.6 Å². The number of hydrogen-bond acceptors (Lipinski definition) is 7. The molecule has 1 aliphatic heterocycles. The molecule has 3 N–H and O–H groups in total. The summed E-state index contributed by atoms with van der Waals surface area (Å²) >= 11 is 5.86. The summed E-state index contributed by atoms with van der Waals surface area (Å²) in [4.78, 5) is 49.0. The minimum absolute atomic E-state index is 0.0604. The van der Waals surface area contributed by atoms with Crippen LogP contribution in [0.2, 0.25) is 5.02 Å². The maximum Gasteiger partial charge on any atom is 0.294 e. The van der Waals surface area contributed by atoms with Crippen LogP contribution < -0.4 is 10.6 Å². The Morgan fingerprint density at radius 2 is 1.81 bits per heavy atom. The van der Waals surface area contributed by atoms with E-state index in [0.29, 0.717) is 61.3 Å². The zero-order chi connectivity index (χ0) is 25.2. The molecule has 188 valence electrons. The van der Waals surface area contributed by atoms with Gasteiger partial charge >= 0.3 is 0 Å². The van der Waals surface area contributed by atoms with Crippen molar-refractivity contribution in [2.75, 3.05) is 23.7 Å². The first kappa shape index (κ1) is 24.2. The Kier molecular flexibility index (Phi) is 6.88. The molecule has 11 heteroatoms. The Morgan fingerprint density at radius 1 is 1.03 bits per heavy atom. The number of furan rings is 1. The number of likely N-dealkylation sites (tertiary alicyclic amines) is 1. The van der Waals surface area contributed by atoms with Gasteiger partial charge in [0.15, 0.2) is 5.58 Å². The predicted molar refractivity (Wildman–Crippen MR) is 132 cm³/mol. The molecule has 36 heavy (non-hydrogen) atoms. The second-order valence-corrected chi connectivity index (χ2v) is 9.67. The fraction of sp³-hybridized carbons (Fsp3) is 0.400. The lowest BCUT2D eigenvalue weighted by Crippen LogP contribution is -2.38. The molecule has 3 aromatic heterocycles. The predicted octanol–water partition coefficient (Wildman–Crippen LogP) is 3.47. The summed E-state index contributed by atoms with van der Waals surface area (Å²) < 4.78 is 5.75. The van der Waals surface area contributed by atoms with Gasteiger partial charge in [0.1, 0.15) is 17.0 Å². The summed E-state index contributed by atoms with van der Waals surface area (Å²) in [6.45, 7) is 0.966. The summed E-state index contributed by atoms with van der Waals surface area (Å²) in [7, 11) is 0. The monoisotopic (exact) mass is 511 g/mol. The largest absolute Gasteiger partial charge is 0.447 e. The van der Waals surface area contributed by atoms with Crippen molar-refractivity contribution in [3.63, 3.8) is 0 Å². The Hall–Kier alpha value is -3.50. The summed E-state index contributed by atoms with van der Waals surface area (Å²) in [5.41, 5.74) is 0.937. The summed E-state index contributed by atoms with van der Waals surface area (Å²) in [5.74, 6) is -1.01. The maximum absolute atomic E-state index is 13.2. The van der Waals surface area contributed by atoms with E-state index in [9.17, 15) is 19.5 Å². The molecule has 5 rings (SSSR count). The maximum atomic E-state index is 13.2. The number of carbonyl (C=O) groups is 3. The van der Waals surface area contributed by atoms with Gasteiger partial charge in [-0.05, 0) is 56.4 Å². The van der Waals surface area contributed by atoms with Crippen LogP contribution in [0.25, 0.3) is 11.1 Å². The fourth-order valence-electron chi connectivity index (χ4n) is 4.86. The van der Waals surface area contributed by atoms with Crippen molar-refractivity contribution >= 4 is 51.9 Å². The lowest BCUT2D eigenvalue weighted by Gasteiger charge is -2.29. The Bertz CT molecular complexity index is 1290. The van der Waals surface area contributed by atoms with Crippen molar-refractivity contribution in [2.45, 2.75) is 38.2 Å². The second kappa shape index (κ2) is 10.2. The number of rotatable bonds is 5. The van der Waals surface area contributed by atoms with Gasteiger partial charge in [-0.2, -0.15) is 0 Å². The van der Waals surface area contributed by atoms with Crippen LogP contribution in [0.5, 0.6) is 0 Å². The van der Waals surface area contributed by atoms with E-state index in [1.807, 2.05) is 0 Å². The van der Waals surface area contributed by atoms with Crippen LogP contribution in [0.1, 0.15) is 42.7 Å². The van der Waals surface area contributed by atoms with Crippen LogP contribution in [-0.2, 0) is 9.59 Å². The molecule has 1 aliphatic carbocycles. The Balaban J connectivity index is 1.28. The second-order valence-electron chi connectivity index (χ2n) is 9.24. The number of fused-ring (bicyclic) bond motifs is 1. The number of β-amino-alcohol motifs (C(OH)–C–C–N with tert-alkyl or cyclic N) is 1. The zero-order valence-corrected chi connectivity index (χ0v) is 20.2. The van der Waals surface area contributed by atoms with Crippen molar-refractivity contribution < 1.29 is 23.9 Å². The van der Waals surface area contributed by atoms with Crippen molar-refractivity contribution in [2.24, 2.45) is 11.8 Å². The topological polar surface area (TPSA) is 138 Å². The number of aliphatic hydroxyl groups excluding tert-OH is 1. The average molecular weight is 512 g/mol. The molecular weight excluding hydrogens is 486 g/mol. The highest BCUT2D eigenvalue weighted by molar-refractivity contribution is 6.30. The number of hydrogen-bond donors (Lipinski definition) is 3. The third kappa shape index (κ3) is 5.05. The third-order valence-electron chi connectivity index (χ3n) is 6.79. The number of aromatic nitrogens is 2. The van der Waals surface area contributed by atoms with Crippen LogP contribution in [0.3, 0.4) is 0 Å². The highest BCUT2D eigenvalue weighted by Crippen LogP contribution is 2.34. The van der Waals surface area contributed by atoms with Crippen molar-refractivity contribution in [3.05, 3.63) is 47.4 Å². The van der Waals surface area contributed by atoms with E-state index in [0.717, 1.165) is 0 Å². The van der Waals surface area contributed by atoms with Crippen LogP contribution in [0, 0.1) is 11.8 Å². The molecule has 1 unspecified atom stereocenters. The Labute approximate surface area is 212 Å². The van der Waals surface area contributed by atoms with Crippen LogP contribution in [0.4, 0.5) is 11.5 Å². The molecule has 3 aromatic rings. The SMILES string of the molecule is O=C(Nc1ccc(Cl)cn1)c1oc2cccnc2c1NC(=O)C1CCC(C(=O)N2CCC(O)C2)CC1. The van der Waals surface area contributed by atoms with E-state index in [1.165, 1.54) is 6.20 Å². The van der Waals surface area contributed by atoms with Crippen molar-refractivity contribution in [1.29, 1.82) is 0 Å². The quantitative estimate of drug-likeness (QED) is 0.477. The highest BCUT2D eigenvalue weighted by Gasteiger charge is 2.35. The molecule has 0 bridgehead atoms. The number of nitrogens with one attached hydrogen (secondary N) is 2. The summed E-state index contributed by atoms with van der Waals surface area (Å²) in [6.07, 6.45) is 5.44. The first-order valence-corrected chi connectivity index (χ1v) is 12.3. The highest BCUT2D eigenvalue weighted by atomic mass is 35.5. The van der Waals surface area contributed by atoms with E-state index in [-0.39, 0.29) is 40.9 Å². The van der Waals surface area contributed by atoms with Gasteiger partial charge in [0.05, 0.1) is 11.1 Å². The molecule has 0 aromatic carbocycles. The zero-order valence-electron chi connectivity index (χ0n) is 19.4. The lowest BCUT2D eigenvalue weighted by atomic mass is 9.81. The Morgan fingerprint density at radius 3 is 2.50 bits per heavy atom. The molecule has 1 saturated carbocycles. The first-order chi connectivity index (χ1) is 17.4. The lowest BCUT2D eigenvalue weighted by molar-refractivity contribution is -0.137. The van der Waals surface area contributed by atoms with E-state index >= 15 is 0 Å². The normalized spacial score (nSPS) is 21.9. The number of halogens is 1. The number of aliphatic hydroxyl groups is 1. The molecule has 2 aliphatic rings. The van der Waals surface area contributed by atoms with E-state index in [2.05, 4.69) is 20.6 Å². The van der Waals surface area contributed by atoms with Crippen molar-refractivity contribution in [3.8, 4) is 0 Å². The van der Waals surface area contributed by atoms with Gasteiger partial charge < -0.3 is 25.1 Å². The standard InChI is InChI=1S/C25H26ClN5O5/c26-16-7-8-19(28-12-16)29-24(34)22-21(20-18(36-22)2-1-10-27-20)30-23(33)14-3-5-15(6-4-14)25(35)31-11-9-17(32)13-31/h1-2,7-8,10,12,14-15,17,32H,3-6,9,11,13H2,(H,30,33)(H,28,29,34).